The van der Waals surface area contributed by atoms with Crippen LogP contribution in [-0.4, -0.2) is 38.8 Å². The van der Waals surface area contributed by atoms with E-state index >= 15 is 0 Å². The molecule has 0 spiro atoms. The molecule has 1 aromatic carbocycles. The SMILES string of the molecule is CC(=O)c1ccc(C#N)cc1N1CCS(=O)(=O)CC1. The average molecular weight is 278 g/mol. The van der Waals surface area contributed by atoms with E-state index in [1.807, 2.05) is 11.0 Å². The summed E-state index contributed by atoms with van der Waals surface area (Å²) in [6.07, 6.45) is 0. The van der Waals surface area contributed by atoms with Crippen LogP contribution in [0.1, 0.15) is 22.8 Å². The van der Waals surface area contributed by atoms with Crippen molar-refractivity contribution in [1.29, 1.82) is 5.26 Å². The molecule has 1 aromatic rings. The standard InChI is InChI=1S/C13H14N2O3S/c1-10(16)12-3-2-11(9-14)8-13(12)15-4-6-19(17,18)7-5-15/h2-3,8H,4-7H2,1H3. The van der Waals surface area contributed by atoms with Crippen molar-refractivity contribution in [1.82, 2.24) is 0 Å². The Morgan fingerprint density at radius 3 is 2.47 bits per heavy atom. The molecule has 0 amide bonds. The molecule has 1 aliphatic rings. The normalized spacial score (nSPS) is 17.8. The van der Waals surface area contributed by atoms with E-state index in [0.717, 1.165) is 0 Å². The number of Topliss-reactive ketones (excluding diaryl/α,β-unsaturated/α-hetero) is 1. The highest BCUT2D eigenvalue weighted by atomic mass is 32.2. The van der Waals surface area contributed by atoms with Crippen molar-refractivity contribution in [2.45, 2.75) is 6.92 Å². The van der Waals surface area contributed by atoms with Crippen molar-refractivity contribution in [2.75, 3.05) is 29.5 Å². The fourth-order valence-corrected chi connectivity index (χ4v) is 3.32. The third-order valence-electron chi connectivity index (χ3n) is 3.19. The van der Waals surface area contributed by atoms with E-state index in [0.29, 0.717) is 29.9 Å². The minimum Gasteiger partial charge on any atom is -0.369 e. The molecular formula is C13H14N2O3S. The number of hydrogen-bond acceptors (Lipinski definition) is 5. The molecule has 0 bridgehead atoms. The predicted octanol–water partition coefficient (Wildman–Crippen LogP) is 0.996. The first-order valence-electron chi connectivity index (χ1n) is 5.93. The van der Waals surface area contributed by atoms with Crippen LogP contribution in [0.5, 0.6) is 0 Å². The fourth-order valence-electron chi connectivity index (χ4n) is 2.11. The summed E-state index contributed by atoms with van der Waals surface area (Å²) < 4.78 is 22.8. The molecule has 1 heterocycles. The molecule has 0 unspecified atom stereocenters. The lowest BCUT2D eigenvalue weighted by molar-refractivity contribution is 0.101. The van der Waals surface area contributed by atoms with Gasteiger partial charge in [-0.1, -0.05) is 0 Å². The van der Waals surface area contributed by atoms with Crippen LogP contribution >= 0.6 is 0 Å². The first-order valence-corrected chi connectivity index (χ1v) is 7.75. The lowest BCUT2D eigenvalue weighted by Gasteiger charge is -2.30. The van der Waals surface area contributed by atoms with Crippen LogP contribution in [0, 0.1) is 11.3 Å². The largest absolute Gasteiger partial charge is 0.369 e. The van der Waals surface area contributed by atoms with Crippen molar-refractivity contribution in [2.24, 2.45) is 0 Å². The van der Waals surface area contributed by atoms with Crippen LogP contribution in [-0.2, 0) is 9.84 Å². The lowest BCUT2D eigenvalue weighted by atomic mass is 10.1. The minimum absolute atomic E-state index is 0.0845. The number of carbonyl (C=O) groups is 1. The number of benzene rings is 1. The first kappa shape index (κ1) is 13.6. The quantitative estimate of drug-likeness (QED) is 0.754. The summed E-state index contributed by atoms with van der Waals surface area (Å²) in [4.78, 5) is 13.5. The molecule has 0 radical (unpaired) electrons. The zero-order valence-electron chi connectivity index (χ0n) is 10.6. The van der Waals surface area contributed by atoms with Crippen LogP contribution in [0.4, 0.5) is 5.69 Å². The van der Waals surface area contributed by atoms with Crippen molar-refractivity contribution in [3.63, 3.8) is 0 Å². The Morgan fingerprint density at radius 1 is 1.32 bits per heavy atom. The van der Waals surface area contributed by atoms with E-state index in [4.69, 9.17) is 5.26 Å². The molecule has 0 aromatic heterocycles. The van der Waals surface area contributed by atoms with Gasteiger partial charge in [0.05, 0.1) is 23.1 Å². The Hall–Kier alpha value is -1.87. The Bertz CT molecular complexity index is 645. The summed E-state index contributed by atoms with van der Waals surface area (Å²) in [7, 11) is -2.96. The van der Waals surface area contributed by atoms with Gasteiger partial charge >= 0.3 is 0 Å². The molecule has 1 fully saturated rings. The molecular weight excluding hydrogens is 264 g/mol. The Balaban J connectivity index is 2.38. The summed E-state index contributed by atoms with van der Waals surface area (Å²) in [6, 6.07) is 6.90. The van der Waals surface area contributed by atoms with Crippen LogP contribution in [0.25, 0.3) is 0 Å². The van der Waals surface area contributed by atoms with Crippen molar-refractivity contribution in [3.05, 3.63) is 29.3 Å². The maximum absolute atomic E-state index is 11.6. The molecule has 0 N–H and O–H groups in total. The van der Waals surface area contributed by atoms with Crippen molar-refractivity contribution >= 4 is 21.3 Å². The molecule has 100 valence electrons. The highest BCUT2D eigenvalue weighted by Crippen LogP contribution is 2.24. The molecule has 6 heteroatoms. The molecule has 1 saturated heterocycles. The zero-order chi connectivity index (χ0) is 14.0. The van der Waals surface area contributed by atoms with Gasteiger partial charge in [0, 0.05) is 24.3 Å². The summed E-state index contributed by atoms with van der Waals surface area (Å²) in [6.45, 7) is 2.18. The number of nitriles is 1. The average Bonchev–Trinajstić information content (AvgIpc) is 2.38. The zero-order valence-corrected chi connectivity index (χ0v) is 11.4. The van der Waals surface area contributed by atoms with Crippen molar-refractivity contribution in [3.8, 4) is 6.07 Å². The molecule has 19 heavy (non-hydrogen) atoms. The highest BCUT2D eigenvalue weighted by Gasteiger charge is 2.24. The minimum atomic E-state index is -2.96. The maximum Gasteiger partial charge on any atom is 0.161 e. The van der Waals surface area contributed by atoms with Crippen LogP contribution in [0.2, 0.25) is 0 Å². The fraction of sp³-hybridized carbons (Fsp3) is 0.385. The van der Waals surface area contributed by atoms with Gasteiger partial charge in [-0.05, 0) is 25.1 Å². The number of carbonyl (C=O) groups excluding carboxylic acids is 1. The number of hydrogen-bond donors (Lipinski definition) is 0. The second kappa shape index (κ2) is 5.02. The van der Waals surface area contributed by atoms with Crippen LogP contribution < -0.4 is 4.90 Å². The molecule has 1 aliphatic heterocycles. The van der Waals surface area contributed by atoms with Gasteiger partial charge in [0.25, 0.3) is 0 Å². The summed E-state index contributed by atoms with van der Waals surface area (Å²) in [5, 5.41) is 8.92. The Labute approximate surface area is 112 Å². The highest BCUT2D eigenvalue weighted by molar-refractivity contribution is 7.91. The van der Waals surface area contributed by atoms with Crippen molar-refractivity contribution < 1.29 is 13.2 Å². The van der Waals surface area contributed by atoms with Gasteiger partial charge in [-0.3, -0.25) is 4.79 Å². The number of anilines is 1. The molecule has 5 nitrogen and oxygen atoms in total. The number of nitrogens with zero attached hydrogens (tertiary/aromatic N) is 2. The van der Waals surface area contributed by atoms with Crippen LogP contribution in [0.3, 0.4) is 0 Å². The predicted molar refractivity (Wildman–Crippen MR) is 72.0 cm³/mol. The second-order valence-corrected chi connectivity index (χ2v) is 6.84. The Morgan fingerprint density at radius 2 is 1.95 bits per heavy atom. The van der Waals surface area contributed by atoms with Gasteiger partial charge in [0.2, 0.25) is 0 Å². The molecule has 0 atom stereocenters. The first-order chi connectivity index (χ1) is 8.93. The van der Waals surface area contributed by atoms with E-state index in [2.05, 4.69) is 0 Å². The number of rotatable bonds is 2. The summed E-state index contributed by atoms with van der Waals surface area (Å²) in [5.41, 5.74) is 1.65. The van der Waals surface area contributed by atoms with E-state index < -0.39 is 9.84 Å². The monoisotopic (exact) mass is 278 g/mol. The number of sulfone groups is 1. The second-order valence-electron chi connectivity index (χ2n) is 4.54. The topological polar surface area (TPSA) is 78.2 Å². The summed E-state index contributed by atoms with van der Waals surface area (Å²) >= 11 is 0. The molecule has 0 aliphatic carbocycles. The van der Waals surface area contributed by atoms with Gasteiger partial charge in [0.15, 0.2) is 15.6 Å². The summed E-state index contributed by atoms with van der Waals surface area (Å²) in [5.74, 6) is 0.0790. The van der Waals surface area contributed by atoms with Crippen LogP contribution in [0.15, 0.2) is 18.2 Å². The maximum atomic E-state index is 11.6. The third-order valence-corrected chi connectivity index (χ3v) is 4.80. The molecule has 2 rings (SSSR count). The van der Waals surface area contributed by atoms with Gasteiger partial charge < -0.3 is 4.90 Å². The van der Waals surface area contributed by atoms with Gasteiger partial charge in [-0.2, -0.15) is 5.26 Å². The van der Waals surface area contributed by atoms with E-state index in [9.17, 15) is 13.2 Å². The Kier molecular flexibility index (Phi) is 3.58. The smallest absolute Gasteiger partial charge is 0.161 e. The van der Waals surface area contributed by atoms with E-state index in [-0.39, 0.29) is 17.3 Å². The van der Waals surface area contributed by atoms with Gasteiger partial charge in [0.1, 0.15) is 0 Å². The lowest BCUT2D eigenvalue weighted by Crippen LogP contribution is -2.40. The van der Waals surface area contributed by atoms with Gasteiger partial charge in [-0.15, -0.1) is 0 Å². The van der Waals surface area contributed by atoms with Gasteiger partial charge in [-0.25, -0.2) is 8.42 Å². The molecule has 0 saturated carbocycles. The number of ketones is 1. The van der Waals surface area contributed by atoms with E-state index in [1.54, 1.807) is 18.2 Å². The van der Waals surface area contributed by atoms with E-state index in [1.165, 1.54) is 6.92 Å². The third kappa shape index (κ3) is 2.93.